The van der Waals surface area contributed by atoms with E-state index in [-0.39, 0.29) is 29.8 Å². The minimum atomic E-state index is -0.659. The molecule has 0 aromatic carbocycles. The zero-order valence-electron chi connectivity index (χ0n) is 10.2. The van der Waals surface area contributed by atoms with Crippen molar-refractivity contribution in [1.29, 1.82) is 0 Å². The average molecular weight is 289 g/mol. The van der Waals surface area contributed by atoms with Gasteiger partial charge in [-0.05, 0) is 6.42 Å². The Morgan fingerprint density at radius 1 is 0.875 bits per heavy atom. The van der Waals surface area contributed by atoms with Gasteiger partial charge in [0.15, 0.2) is 0 Å². The second-order valence-corrected chi connectivity index (χ2v) is 3.97. The molecule has 0 aliphatic carbocycles. The van der Waals surface area contributed by atoms with E-state index in [2.05, 4.69) is 6.92 Å². The van der Waals surface area contributed by atoms with Crippen LogP contribution in [0.1, 0.15) is 71.1 Å². The van der Waals surface area contributed by atoms with Crippen LogP contribution in [0.15, 0.2) is 0 Å². The van der Waals surface area contributed by atoms with Crippen LogP contribution in [-0.4, -0.2) is 11.1 Å². The van der Waals surface area contributed by atoms with Crippen molar-refractivity contribution in [2.45, 2.75) is 71.1 Å². The standard InChI is InChI=1S/C12H24O2.ClH.Cr/c1-2-3-4-5-6-7-8-9-10-11-12(13)14;;/h2-11H2,1H3,(H,13,14);1H;. The molecule has 0 fully saturated rings. The molecule has 0 rings (SSSR count). The van der Waals surface area contributed by atoms with E-state index in [1.807, 2.05) is 0 Å². The van der Waals surface area contributed by atoms with Gasteiger partial charge in [0.2, 0.25) is 0 Å². The summed E-state index contributed by atoms with van der Waals surface area (Å²) in [5.41, 5.74) is 0. The van der Waals surface area contributed by atoms with Gasteiger partial charge in [0.05, 0.1) is 0 Å². The Morgan fingerprint density at radius 2 is 1.25 bits per heavy atom. The molecular formula is C12H25ClCrO2. The smallest absolute Gasteiger partial charge is 0.303 e. The van der Waals surface area contributed by atoms with Crippen molar-refractivity contribution in [3.05, 3.63) is 0 Å². The summed E-state index contributed by atoms with van der Waals surface area (Å²) in [6.07, 6.45) is 11.5. The molecule has 0 saturated heterocycles. The first kappa shape index (κ1) is 21.6. The van der Waals surface area contributed by atoms with Gasteiger partial charge in [-0.15, -0.1) is 12.4 Å². The monoisotopic (exact) mass is 288 g/mol. The summed E-state index contributed by atoms with van der Waals surface area (Å²) < 4.78 is 0. The molecule has 0 amide bonds. The summed E-state index contributed by atoms with van der Waals surface area (Å²) in [6, 6.07) is 0. The van der Waals surface area contributed by atoms with E-state index in [0.29, 0.717) is 6.42 Å². The molecule has 0 radical (unpaired) electrons. The molecule has 0 saturated carbocycles. The predicted molar refractivity (Wildman–Crippen MR) is 66.7 cm³/mol. The van der Waals surface area contributed by atoms with Crippen LogP contribution >= 0.6 is 12.4 Å². The molecular weight excluding hydrogens is 264 g/mol. The molecule has 0 bridgehead atoms. The molecule has 1 N–H and O–H groups in total. The van der Waals surface area contributed by atoms with E-state index >= 15 is 0 Å². The zero-order valence-corrected chi connectivity index (χ0v) is 12.3. The molecule has 0 spiro atoms. The average Bonchev–Trinajstić information content (AvgIpc) is 2.15. The summed E-state index contributed by atoms with van der Waals surface area (Å²) in [5.74, 6) is -0.659. The fraction of sp³-hybridized carbons (Fsp3) is 0.917. The topological polar surface area (TPSA) is 37.3 Å². The second kappa shape index (κ2) is 17.7. The maximum atomic E-state index is 10.2. The van der Waals surface area contributed by atoms with Gasteiger partial charge in [-0.3, -0.25) is 4.79 Å². The fourth-order valence-corrected chi connectivity index (χ4v) is 1.59. The summed E-state index contributed by atoms with van der Waals surface area (Å²) in [7, 11) is 0. The molecule has 98 valence electrons. The first-order valence-electron chi connectivity index (χ1n) is 5.99. The molecule has 0 atom stereocenters. The third-order valence-electron chi connectivity index (χ3n) is 2.49. The zero-order chi connectivity index (χ0) is 10.6. The second-order valence-electron chi connectivity index (χ2n) is 3.97. The van der Waals surface area contributed by atoms with Gasteiger partial charge in [0.1, 0.15) is 0 Å². The van der Waals surface area contributed by atoms with Crippen molar-refractivity contribution in [1.82, 2.24) is 0 Å². The van der Waals surface area contributed by atoms with Crippen LogP contribution in [0.4, 0.5) is 0 Å². The molecule has 0 aliphatic heterocycles. The van der Waals surface area contributed by atoms with Crippen LogP contribution in [0.25, 0.3) is 0 Å². The normalized spacial score (nSPS) is 9.06. The Labute approximate surface area is 117 Å². The Morgan fingerprint density at radius 3 is 1.62 bits per heavy atom. The molecule has 0 heterocycles. The van der Waals surface area contributed by atoms with Gasteiger partial charge < -0.3 is 5.11 Å². The number of hydrogen-bond acceptors (Lipinski definition) is 1. The molecule has 2 nitrogen and oxygen atoms in total. The van der Waals surface area contributed by atoms with Crippen molar-refractivity contribution in [2.24, 2.45) is 0 Å². The third-order valence-corrected chi connectivity index (χ3v) is 2.49. The summed E-state index contributed by atoms with van der Waals surface area (Å²) >= 11 is 0. The number of halogens is 1. The minimum absolute atomic E-state index is 0. The van der Waals surface area contributed by atoms with Crippen LogP contribution in [0.2, 0.25) is 0 Å². The van der Waals surface area contributed by atoms with Crippen molar-refractivity contribution in [3.63, 3.8) is 0 Å². The molecule has 4 heteroatoms. The van der Waals surface area contributed by atoms with Gasteiger partial charge in [-0.1, -0.05) is 58.3 Å². The van der Waals surface area contributed by atoms with Crippen molar-refractivity contribution in [3.8, 4) is 0 Å². The third kappa shape index (κ3) is 19.8. The van der Waals surface area contributed by atoms with Crippen LogP contribution in [-0.2, 0) is 22.2 Å². The van der Waals surface area contributed by atoms with Gasteiger partial charge in [0, 0.05) is 23.8 Å². The van der Waals surface area contributed by atoms with Gasteiger partial charge in [-0.25, -0.2) is 0 Å². The summed E-state index contributed by atoms with van der Waals surface area (Å²) in [6.45, 7) is 2.23. The molecule has 16 heavy (non-hydrogen) atoms. The molecule has 0 aliphatic rings. The summed E-state index contributed by atoms with van der Waals surface area (Å²) in [4.78, 5) is 10.2. The van der Waals surface area contributed by atoms with Crippen molar-refractivity contribution >= 4 is 18.4 Å². The van der Waals surface area contributed by atoms with Gasteiger partial charge in [-0.2, -0.15) is 0 Å². The SMILES string of the molecule is CCCCCCCCCCCC(=O)O.Cl.[Cr]. The predicted octanol–water partition coefficient (Wildman–Crippen LogP) is 4.41. The van der Waals surface area contributed by atoms with Gasteiger partial charge in [0.25, 0.3) is 0 Å². The number of carboxylic acids is 1. The van der Waals surface area contributed by atoms with E-state index in [4.69, 9.17) is 5.11 Å². The fourth-order valence-electron chi connectivity index (χ4n) is 1.59. The number of rotatable bonds is 10. The number of carbonyl (C=O) groups is 1. The van der Waals surface area contributed by atoms with E-state index in [9.17, 15) is 4.79 Å². The molecule has 0 aromatic heterocycles. The largest absolute Gasteiger partial charge is 0.481 e. The first-order valence-corrected chi connectivity index (χ1v) is 5.99. The van der Waals surface area contributed by atoms with Crippen LogP contribution in [0.3, 0.4) is 0 Å². The maximum absolute atomic E-state index is 10.2. The number of unbranched alkanes of at least 4 members (excludes halogenated alkanes) is 8. The minimum Gasteiger partial charge on any atom is -0.481 e. The summed E-state index contributed by atoms with van der Waals surface area (Å²) in [5, 5.41) is 8.41. The van der Waals surface area contributed by atoms with E-state index in [1.165, 1.54) is 44.9 Å². The quantitative estimate of drug-likeness (QED) is 0.605. The number of hydrogen-bond donors (Lipinski definition) is 1. The Hall–Kier alpha value is 0.292. The number of aliphatic carboxylic acids is 1. The van der Waals surface area contributed by atoms with Gasteiger partial charge >= 0.3 is 5.97 Å². The van der Waals surface area contributed by atoms with Crippen molar-refractivity contribution < 1.29 is 27.3 Å². The van der Waals surface area contributed by atoms with Crippen molar-refractivity contribution in [2.75, 3.05) is 0 Å². The van der Waals surface area contributed by atoms with E-state index in [0.717, 1.165) is 12.8 Å². The van der Waals surface area contributed by atoms with Crippen LogP contribution < -0.4 is 0 Å². The van der Waals surface area contributed by atoms with E-state index < -0.39 is 5.97 Å². The molecule has 0 aromatic rings. The Balaban J connectivity index is -0.000000845. The van der Waals surface area contributed by atoms with Crippen LogP contribution in [0, 0.1) is 0 Å². The maximum Gasteiger partial charge on any atom is 0.303 e. The van der Waals surface area contributed by atoms with E-state index in [1.54, 1.807) is 0 Å². The Kier molecular flexibility index (Phi) is 23.8. The number of carboxylic acid groups (broad SMARTS) is 1. The first-order chi connectivity index (χ1) is 6.77. The molecule has 0 unspecified atom stereocenters. The van der Waals surface area contributed by atoms with Crippen LogP contribution in [0.5, 0.6) is 0 Å². The Bertz CT molecular complexity index is 143.